The fraction of sp³-hybridized carbons (Fsp3) is 0.333. The van der Waals surface area contributed by atoms with Gasteiger partial charge in [-0.25, -0.2) is 4.98 Å². The van der Waals surface area contributed by atoms with Crippen LogP contribution in [0.1, 0.15) is 32.0 Å². The van der Waals surface area contributed by atoms with Crippen LogP contribution in [0.5, 0.6) is 5.75 Å². The highest BCUT2D eigenvalue weighted by molar-refractivity contribution is 14.0. The van der Waals surface area contributed by atoms with Crippen molar-refractivity contribution in [3.05, 3.63) is 59.3 Å². The lowest BCUT2D eigenvalue weighted by Gasteiger charge is -2.23. The van der Waals surface area contributed by atoms with E-state index >= 15 is 0 Å². The number of ether oxygens (including phenoxy) is 1. The van der Waals surface area contributed by atoms with Gasteiger partial charge >= 0.3 is 0 Å². The van der Waals surface area contributed by atoms with Crippen LogP contribution in [0.2, 0.25) is 0 Å². The lowest BCUT2D eigenvalue weighted by atomic mass is 10.1. The van der Waals surface area contributed by atoms with Crippen LogP contribution in [0, 0.1) is 0 Å². The molecule has 29 heavy (non-hydrogen) atoms. The van der Waals surface area contributed by atoms with Gasteiger partial charge in [0.2, 0.25) is 5.89 Å². The second-order valence-electron chi connectivity index (χ2n) is 7.22. The van der Waals surface area contributed by atoms with Crippen LogP contribution in [0.25, 0.3) is 10.8 Å². The van der Waals surface area contributed by atoms with Crippen molar-refractivity contribution < 1.29 is 9.15 Å². The standard InChI is InChI=1S/C21H26N4O2S.HI/c1-21(2,3)27-17-9-6-5-8-15(17)12-23-20(22-4)24-13-16-14-26-19(25-16)18-10-7-11-28-18;/h5-11,14H,12-13H2,1-4H3,(H2,22,23,24);1H. The van der Waals surface area contributed by atoms with Gasteiger partial charge in [-0.3, -0.25) is 4.99 Å². The zero-order chi connectivity index (χ0) is 20.0. The van der Waals surface area contributed by atoms with Crippen LogP contribution >= 0.6 is 35.3 Å². The van der Waals surface area contributed by atoms with Crippen molar-refractivity contribution in [2.75, 3.05) is 7.05 Å². The predicted molar refractivity (Wildman–Crippen MR) is 129 cm³/mol. The van der Waals surface area contributed by atoms with E-state index in [1.54, 1.807) is 24.6 Å². The topological polar surface area (TPSA) is 71.7 Å². The van der Waals surface area contributed by atoms with Gasteiger partial charge in [0, 0.05) is 19.2 Å². The van der Waals surface area contributed by atoms with Crippen LogP contribution in [0.4, 0.5) is 0 Å². The van der Waals surface area contributed by atoms with E-state index in [0.717, 1.165) is 21.9 Å². The highest BCUT2D eigenvalue weighted by Crippen LogP contribution is 2.24. The zero-order valence-corrected chi connectivity index (χ0v) is 20.2. The van der Waals surface area contributed by atoms with E-state index in [2.05, 4.69) is 20.6 Å². The van der Waals surface area contributed by atoms with Crippen molar-refractivity contribution in [2.45, 2.75) is 39.5 Å². The second-order valence-corrected chi connectivity index (χ2v) is 8.17. The molecule has 0 amide bonds. The number of aromatic nitrogens is 1. The minimum atomic E-state index is -0.247. The average Bonchev–Trinajstić information content (AvgIpc) is 3.33. The monoisotopic (exact) mass is 526 g/mol. The van der Waals surface area contributed by atoms with Gasteiger partial charge in [-0.05, 0) is 38.3 Å². The molecule has 0 fully saturated rings. The predicted octanol–water partition coefficient (Wildman–Crippen LogP) is 5.06. The van der Waals surface area contributed by atoms with Crippen LogP contribution < -0.4 is 15.4 Å². The largest absolute Gasteiger partial charge is 0.488 e. The molecule has 156 valence electrons. The third-order valence-electron chi connectivity index (χ3n) is 3.78. The average molecular weight is 526 g/mol. The van der Waals surface area contributed by atoms with E-state index in [1.807, 2.05) is 62.5 Å². The maximum Gasteiger partial charge on any atom is 0.236 e. The molecule has 2 heterocycles. The van der Waals surface area contributed by atoms with E-state index < -0.39 is 0 Å². The van der Waals surface area contributed by atoms with Crippen molar-refractivity contribution in [3.63, 3.8) is 0 Å². The number of oxazole rings is 1. The molecular formula is C21H27IN4O2S. The van der Waals surface area contributed by atoms with Crippen molar-refractivity contribution >= 4 is 41.3 Å². The third kappa shape index (κ3) is 7.04. The molecule has 0 atom stereocenters. The van der Waals surface area contributed by atoms with Crippen molar-refractivity contribution in [2.24, 2.45) is 4.99 Å². The number of benzene rings is 1. The van der Waals surface area contributed by atoms with E-state index in [4.69, 9.17) is 9.15 Å². The summed E-state index contributed by atoms with van der Waals surface area (Å²) in [6.45, 7) is 7.25. The number of halogens is 1. The van der Waals surface area contributed by atoms with Gasteiger partial charge in [-0.15, -0.1) is 35.3 Å². The highest BCUT2D eigenvalue weighted by Gasteiger charge is 2.14. The van der Waals surface area contributed by atoms with Crippen molar-refractivity contribution in [1.29, 1.82) is 0 Å². The molecule has 0 unspecified atom stereocenters. The van der Waals surface area contributed by atoms with Gasteiger partial charge in [0.05, 0.1) is 17.1 Å². The molecule has 0 bridgehead atoms. The van der Waals surface area contributed by atoms with Crippen molar-refractivity contribution in [3.8, 4) is 16.5 Å². The van der Waals surface area contributed by atoms with Gasteiger partial charge in [0.15, 0.2) is 5.96 Å². The lowest BCUT2D eigenvalue weighted by Crippen LogP contribution is -2.36. The number of rotatable bonds is 6. The van der Waals surface area contributed by atoms with Gasteiger partial charge in [-0.2, -0.15) is 0 Å². The summed E-state index contributed by atoms with van der Waals surface area (Å²) >= 11 is 1.60. The Kier molecular flexibility index (Phi) is 8.51. The maximum absolute atomic E-state index is 6.04. The number of aliphatic imine (C=N–C) groups is 1. The minimum Gasteiger partial charge on any atom is -0.488 e. The lowest BCUT2D eigenvalue weighted by molar-refractivity contribution is 0.129. The van der Waals surface area contributed by atoms with E-state index in [1.165, 1.54) is 0 Å². The molecule has 0 saturated heterocycles. The summed E-state index contributed by atoms with van der Waals surface area (Å²) in [5.41, 5.74) is 1.65. The Balaban J connectivity index is 0.00000300. The Labute approximate surface area is 192 Å². The van der Waals surface area contributed by atoms with Crippen LogP contribution in [-0.2, 0) is 13.1 Å². The molecule has 0 aliphatic carbocycles. The molecular weight excluding hydrogens is 499 g/mol. The smallest absolute Gasteiger partial charge is 0.236 e. The summed E-state index contributed by atoms with van der Waals surface area (Å²) in [6.07, 6.45) is 1.67. The van der Waals surface area contributed by atoms with Crippen molar-refractivity contribution in [1.82, 2.24) is 15.6 Å². The summed E-state index contributed by atoms with van der Waals surface area (Å²) in [5, 5.41) is 8.58. The Morgan fingerprint density at radius 2 is 1.90 bits per heavy atom. The molecule has 3 aromatic rings. The van der Waals surface area contributed by atoms with E-state index in [-0.39, 0.29) is 29.6 Å². The highest BCUT2D eigenvalue weighted by atomic mass is 127. The Morgan fingerprint density at radius 3 is 2.59 bits per heavy atom. The molecule has 2 N–H and O–H groups in total. The summed E-state index contributed by atoms with van der Waals surface area (Å²) in [5.74, 6) is 2.20. The van der Waals surface area contributed by atoms with E-state index in [9.17, 15) is 0 Å². The first-order valence-electron chi connectivity index (χ1n) is 9.14. The fourth-order valence-electron chi connectivity index (χ4n) is 2.55. The second kappa shape index (κ2) is 10.6. The fourth-order valence-corrected chi connectivity index (χ4v) is 3.21. The number of hydrogen-bond donors (Lipinski definition) is 2. The molecule has 6 nitrogen and oxygen atoms in total. The molecule has 0 radical (unpaired) electrons. The van der Waals surface area contributed by atoms with E-state index in [0.29, 0.717) is 24.9 Å². The minimum absolute atomic E-state index is 0. The molecule has 0 saturated carbocycles. The number of nitrogens with one attached hydrogen (secondary N) is 2. The summed E-state index contributed by atoms with van der Waals surface area (Å²) in [7, 11) is 1.74. The van der Waals surface area contributed by atoms with Gasteiger partial charge < -0.3 is 19.8 Å². The SMILES string of the molecule is CN=C(NCc1coc(-c2cccs2)n1)NCc1ccccc1OC(C)(C)C.I. The number of nitrogens with zero attached hydrogens (tertiary/aromatic N) is 2. The number of para-hydroxylation sites is 1. The summed E-state index contributed by atoms with van der Waals surface area (Å²) in [4.78, 5) is 9.80. The molecule has 1 aromatic carbocycles. The Hall–Kier alpha value is -2.07. The van der Waals surface area contributed by atoms with Crippen LogP contribution in [0.3, 0.4) is 0 Å². The first-order chi connectivity index (χ1) is 13.4. The maximum atomic E-state index is 6.04. The van der Waals surface area contributed by atoms with Gasteiger partial charge in [-0.1, -0.05) is 24.3 Å². The molecule has 0 aliphatic rings. The Bertz CT molecular complexity index is 917. The summed E-state index contributed by atoms with van der Waals surface area (Å²) < 4.78 is 11.6. The molecule has 0 aliphatic heterocycles. The first-order valence-corrected chi connectivity index (χ1v) is 10.0. The number of thiophene rings is 1. The molecule has 0 spiro atoms. The number of guanidine groups is 1. The third-order valence-corrected chi connectivity index (χ3v) is 4.64. The molecule has 2 aromatic heterocycles. The first kappa shape index (κ1) is 23.2. The molecule has 3 rings (SSSR count). The quantitative estimate of drug-likeness (QED) is 0.267. The zero-order valence-electron chi connectivity index (χ0n) is 17.1. The Morgan fingerprint density at radius 1 is 1.14 bits per heavy atom. The van der Waals surface area contributed by atoms with Crippen LogP contribution in [-0.4, -0.2) is 23.6 Å². The van der Waals surface area contributed by atoms with Crippen LogP contribution in [0.15, 0.2) is 57.5 Å². The van der Waals surface area contributed by atoms with Gasteiger partial charge in [0.1, 0.15) is 17.6 Å². The van der Waals surface area contributed by atoms with Gasteiger partial charge in [0.25, 0.3) is 0 Å². The molecule has 8 heteroatoms. The summed E-state index contributed by atoms with van der Waals surface area (Å²) in [6, 6.07) is 12.0. The number of hydrogen-bond acceptors (Lipinski definition) is 5. The normalized spacial score (nSPS) is 11.7.